The van der Waals surface area contributed by atoms with Gasteiger partial charge in [0.25, 0.3) is 0 Å². The number of benzene rings is 2. The molecule has 0 radical (unpaired) electrons. The minimum Gasteiger partial charge on any atom is -0.444 e. The molecule has 1 heterocycles. The lowest BCUT2D eigenvalue weighted by molar-refractivity contribution is 0.0132. The van der Waals surface area contributed by atoms with Crippen LogP contribution in [0.1, 0.15) is 70.4 Å². The van der Waals surface area contributed by atoms with Gasteiger partial charge < -0.3 is 24.8 Å². The minimum atomic E-state index is -0.667. The highest BCUT2D eigenvalue weighted by Gasteiger charge is 2.38. The summed E-state index contributed by atoms with van der Waals surface area (Å²) in [5, 5.41) is 13.8. The number of amides is 2. The number of carbonyl (C=O) groups excluding carboxylic acids is 3. The number of carbonyl (C=O) groups is 3. The zero-order chi connectivity index (χ0) is 31.2. The van der Waals surface area contributed by atoms with Crippen LogP contribution in [0.25, 0.3) is 11.1 Å². The Balaban J connectivity index is 1.38. The van der Waals surface area contributed by atoms with Gasteiger partial charge in [0, 0.05) is 11.6 Å². The van der Waals surface area contributed by atoms with Crippen molar-refractivity contribution in [2.45, 2.75) is 96.9 Å². The zero-order valence-electron chi connectivity index (χ0n) is 25.6. The summed E-state index contributed by atoms with van der Waals surface area (Å²) in [5.74, 6) is -0.113. The highest BCUT2D eigenvalue weighted by Crippen LogP contribution is 2.26. The molecule has 1 fully saturated rings. The molecule has 0 saturated heterocycles. The van der Waals surface area contributed by atoms with Gasteiger partial charge in [-0.25, -0.2) is 14.3 Å². The predicted molar refractivity (Wildman–Crippen MR) is 160 cm³/mol. The smallest absolute Gasteiger partial charge is 0.407 e. The van der Waals surface area contributed by atoms with E-state index in [0.717, 1.165) is 11.1 Å². The largest absolute Gasteiger partial charge is 0.444 e. The molecule has 11 nitrogen and oxygen atoms in total. The van der Waals surface area contributed by atoms with Crippen molar-refractivity contribution in [2.75, 3.05) is 0 Å². The summed E-state index contributed by atoms with van der Waals surface area (Å²) in [7, 11) is 0. The van der Waals surface area contributed by atoms with Gasteiger partial charge in [-0.2, -0.15) is 0 Å². The first-order valence-corrected chi connectivity index (χ1v) is 14.4. The molecule has 3 aromatic rings. The van der Waals surface area contributed by atoms with Crippen molar-refractivity contribution >= 4 is 18.0 Å². The second-order valence-electron chi connectivity index (χ2n) is 12.7. The normalized spacial score (nSPS) is 18.6. The Bertz CT molecular complexity index is 1390. The first kappa shape index (κ1) is 31.7. The Morgan fingerprint density at radius 1 is 0.837 bits per heavy atom. The number of nitrogens with zero attached hydrogens (tertiary/aromatic N) is 3. The standard InChI is InChI=1S/C32H41N5O6/c1-31(2,3)42-29(39)34-24-16-26(35-30(40)43-32(4,5)6)28(17-24)41-20-25-18-33-36-37(25)19-27(38)23-14-12-22(13-15-23)21-10-8-7-9-11-21/h7-15,18,24,26,28H,16-17,19-20H2,1-6H3,(H,34,39)(H,35,40)/t24-,26+,28+/m0/s1. The van der Waals surface area contributed by atoms with Crippen LogP contribution in [0.5, 0.6) is 0 Å². The number of ether oxygens (including phenoxy) is 3. The summed E-state index contributed by atoms with van der Waals surface area (Å²) in [6, 6.07) is 16.7. The van der Waals surface area contributed by atoms with Crippen LogP contribution in [-0.4, -0.2) is 62.4 Å². The highest BCUT2D eigenvalue weighted by molar-refractivity contribution is 5.96. The molecule has 1 aromatic heterocycles. The van der Waals surface area contributed by atoms with Gasteiger partial charge in [-0.1, -0.05) is 59.8 Å². The van der Waals surface area contributed by atoms with Gasteiger partial charge in [-0.15, -0.1) is 5.10 Å². The zero-order valence-corrected chi connectivity index (χ0v) is 25.6. The van der Waals surface area contributed by atoms with Crippen LogP contribution in [0.2, 0.25) is 0 Å². The molecule has 2 aromatic carbocycles. The van der Waals surface area contributed by atoms with E-state index in [-0.39, 0.29) is 25.0 Å². The molecule has 230 valence electrons. The fraction of sp³-hybridized carbons (Fsp3) is 0.469. The lowest BCUT2D eigenvalue weighted by Crippen LogP contribution is -2.44. The Kier molecular flexibility index (Phi) is 9.85. The van der Waals surface area contributed by atoms with Gasteiger partial charge in [0.2, 0.25) is 0 Å². The topological polar surface area (TPSA) is 134 Å². The summed E-state index contributed by atoms with van der Waals surface area (Å²) in [6.45, 7) is 10.8. The fourth-order valence-corrected chi connectivity index (χ4v) is 4.81. The summed E-state index contributed by atoms with van der Waals surface area (Å²) >= 11 is 0. The second kappa shape index (κ2) is 13.4. The van der Waals surface area contributed by atoms with E-state index in [0.29, 0.717) is 24.1 Å². The molecular weight excluding hydrogens is 550 g/mol. The van der Waals surface area contributed by atoms with Crippen LogP contribution in [0.4, 0.5) is 9.59 Å². The number of nitrogens with one attached hydrogen (secondary N) is 2. The van der Waals surface area contributed by atoms with Crippen LogP contribution >= 0.6 is 0 Å². The third-order valence-corrected chi connectivity index (χ3v) is 6.68. The molecule has 0 aliphatic heterocycles. The fourth-order valence-electron chi connectivity index (χ4n) is 4.81. The molecule has 0 bridgehead atoms. The summed E-state index contributed by atoms with van der Waals surface area (Å²) < 4.78 is 18.6. The second-order valence-corrected chi connectivity index (χ2v) is 12.7. The summed E-state index contributed by atoms with van der Waals surface area (Å²) in [4.78, 5) is 38.0. The minimum absolute atomic E-state index is 0.00352. The Labute approximate surface area is 252 Å². The van der Waals surface area contributed by atoms with E-state index in [4.69, 9.17) is 14.2 Å². The van der Waals surface area contributed by atoms with E-state index in [2.05, 4.69) is 20.9 Å². The van der Waals surface area contributed by atoms with Crippen LogP contribution < -0.4 is 10.6 Å². The molecular formula is C32H41N5O6. The van der Waals surface area contributed by atoms with Crippen molar-refractivity contribution < 1.29 is 28.6 Å². The molecule has 1 aliphatic rings. The lowest BCUT2D eigenvalue weighted by atomic mass is 10.0. The lowest BCUT2D eigenvalue weighted by Gasteiger charge is -2.24. The molecule has 43 heavy (non-hydrogen) atoms. The van der Waals surface area contributed by atoms with Gasteiger partial charge in [0.05, 0.1) is 30.6 Å². The Hall–Kier alpha value is -4.25. The predicted octanol–water partition coefficient (Wildman–Crippen LogP) is 5.29. The molecule has 2 N–H and O–H groups in total. The van der Waals surface area contributed by atoms with Crippen LogP contribution in [0, 0.1) is 0 Å². The average molecular weight is 592 g/mol. The number of hydrogen-bond acceptors (Lipinski definition) is 8. The molecule has 2 amide bonds. The molecule has 0 unspecified atom stereocenters. The molecule has 4 rings (SSSR count). The Morgan fingerprint density at radius 3 is 2.07 bits per heavy atom. The molecule has 1 aliphatic carbocycles. The summed E-state index contributed by atoms with van der Waals surface area (Å²) in [6.07, 6.45) is 0.864. The monoisotopic (exact) mass is 591 g/mol. The van der Waals surface area contributed by atoms with Crippen LogP contribution in [0.15, 0.2) is 60.8 Å². The van der Waals surface area contributed by atoms with Crippen molar-refractivity contribution in [1.82, 2.24) is 25.6 Å². The summed E-state index contributed by atoms with van der Waals surface area (Å²) in [5.41, 5.74) is 1.97. The van der Waals surface area contributed by atoms with Gasteiger partial charge in [0.15, 0.2) is 5.78 Å². The van der Waals surface area contributed by atoms with Gasteiger partial charge >= 0.3 is 12.2 Å². The average Bonchev–Trinajstić information content (AvgIpc) is 3.51. The van der Waals surface area contributed by atoms with E-state index >= 15 is 0 Å². The van der Waals surface area contributed by atoms with Gasteiger partial charge in [0.1, 0.15) is 17.7 Å². The third kappa shape index (κ3) is 9.64. The van der Waals surface area contributed by atoms with E-state index in [1.807, 2.05) is 42.5 Å². The number of Topliss-reactive ketones (excluding diaryl/α,β-unsaturated/α-hetero) is 1. The van der Waals surface area contributed by atoms with Crippen molar-refractivity contribution in [1.29, 1.82) is 0 Å². The first-order valence-electron chi connectivity index (χ1n) is 14.4. The van der Waals surface area contributed by atoms with E-state index in [1.54, 1.807) is 59.9 Å². The number of rotatable bonds is 9. The van der Waals surface area contributed by atoms with Crippen molar-refractivity contribution in [3.05, 3.63) is 72.1 Å². The van der Waals surface area contributed by atoms with Crippen LogP contribution in [-0.2, 0) is 27.4 Å². The molecule has 11 heteroatoms. The maximum atomic E-state index is 13.1. The molecule has 3 atom stereocenters. The Morgan fingerprint density at radius 2 is 1.44 bits per heavy atom. The highest BCUT2D eigenvalue weighted by atomic mass is 16.6. The third-order valence-electron chi connectivity index (χ3n) is 6.68. The van der Waals surface area contributed by atoms with E-state index in [9.17, 15) is 14.4 Å². The van der Waals surface area contributed by atoms with Crippen molar-refractivity contribution in [3.8, 4) is 11.1 Å². The number of alkyl carbamates (subject to hydrolysis) is 2. The quantitative estimate of drug-likeness (QED) is 0.321. The van der Waals surface area contributed by atoms with Crippen molar-refractivity contribution in [2.24, 2.45) is 0 Å². The maximum absolute atomic E-state index is 13.1. The number of ketones is 1. The molecule has 0 spiro atoms. The van der Waals surface area contributed by atoms with E-state index < -0.39 is 35.5 Å². The molecule has 1 saturated carbocycles. The van der Waals surface area contributed by atoms with E-state index in [1.165, 1.54) is 4.68 Å². The maximum Gasteiger partial charge on any atom is 0.407 e. The number of aromatic nitrogens is 3. The number of hydrogen-bond donors (Lipinski definition) is 2. The first-order chi connectivity index (χ1) is 20.3. The van der Waals surface area contributed by atoms with Gasteiger partial charge in [-0.3, -0.25) is 4.79 Å². The van der Waals surface area contributed by atoms with Crippen LogP contribution in [0.3, 0.4) is 0 Å². The van der Waals surface area contributed by atoms with Gasteiger partial charge in [-0.05, 0) is 65.5 Å². The SMILES string of the molecule is CC(C)(C)OC(=O)N[C@H]1C[C@@H](NC(=O)OC(C)(C)C)[C@H](OCc2cnnn2CC(=O)c2ccc(-c3ccccc3)cc2)C1. The van der Waals surface area contributed by atoms with Crippen molar-refractivity contribution in [3.63, 3.8) is 0 Å².